The molecule has 1 atom stereocenters. The Kier molecular flexibility index (Phi) is 6.42. The van der Waals surface area contributed by atoms with Crippen LogP contribution in [0.5, 0.6) is 11.5 Å². The smallest absolute Gasteiger partial charge is 0.263 e. The van der Waals surface area contributed by atoms with Gasteiger partial charge >= 0.3 is 0 Å². The molecule has 1 aliphatic heterocycles. The fourth-order valence-electron chi connectivity index (χ4n) is 3.45. The summed E-state index contributed by atoms with van der Waals surface area (Å²) in [6.45, 7) is 7.07. The van der Waals surface area contributed by atoms with E-state index < -0.39 is 6.10 Å². The number of methoxy groups -OCH3 is 1. The zero-order valence-electron chi connectivity index (χ0n) is 17.4. The predicted molar refractivity (Wildman–Crippen MR) is 112 cm³/mol. The van der Waals surface area contributed by atoms with Crippen LogP contribution in [0.3, 0.4) is 0 Å². The lowest BCUT2D eigenvalue weighted by atomic mass is 10.1. The molecule has 0 saturated heterocycles. The summed E-state index contributed by atoms with van der Waals surface area (Å²) in [6.07, 6.45) is -0.275. The first kappa shape index (κ1) is 20.7. The van der Waals surface area contributed by atoms with Crippen molar-refractivity contribution in [3.63, 3.8) is 0 Å². The van der Waals surface area contributed by atoms with Crippen LogP contribution in [-0.4, -0.2) is 36.5 Å². The third-order valence-electron chi connectivity index (χ3n) is 4.75. The summed E-state index contributed by atoms with van der Waals surface area (Å²) in [7, 11) is 1.60. The van der Waals surface area contributed by atoms with Crippen molar-refractivity contribution in [1.29, 1.82) is 0 Å². The molecule has 0 radical (unpaired) electrons. The van der Waals surface area contributed by atoms with E-state index in [0.29, 0.717) is 30.4 Å². The number of carbonyl (C=O) groups excluding carboxylic acids is 2. The number of carbonyl (C=O) groups is 2. The SMILES string of the molecule is COc1cccc(CC(=O)Nc2ccc3c(c2)CN(CC(C)C)C(=O)C(C)O3)c1. The molecule has 2 aromatic carbocycles. The van der Waals surface area contributed by atoms with Gasteiger partial charge < -0.3 is 19.7 Å². The molecule has 0 spiro atoms. The molecule has 0 aliphatic carbocycles. The van der Waals surface area contributed by atoms with Crippen molar-refractivity contribution in [1.82, 2.24) is 4.90 Å². The van der Waals surface area contributed by atoms with Crippen molar-refractivity contribution < 1.29 is 19.1 Å². The number of hydrogen-bond donors (Lipinski definition) is 1. The van der Waals surface area contributed by atoms with Crippen LogP contribution in [0.15, 0.2) is 42.5 Å². The highest BCUT2D eigenvalue weighted by atomic mass is 16.5. The van der Waals surface area contributed by atoms with Crippen molar-refractivity contribution in [2.75, 3.05) is 19.0 Å². The first-order valence-electron chi connectivity index (χ1n) is 9.87. The van der Waals surface area contributed by atoms with E-state index in [1.54, 1.807) is 20.1 Å². The summed E-state index contributed by atoms with van der Waals surface area (Å²) >= 11 is 0. The second-order valence-corrected chi connectivity index (χ2v) is 7.77. The van der Waals surface area contributed by atoms with Crippen LogP contribution in [0.2, 0.25) is 0 Å². The first-order valence-corrected chi connectivity index (χ1v) is 9.87. The maximum absolute atomic E-state index is 12.6. The highest BCUT2D eigenvalue weighted by Crippen LogP contribution is 2.29. The van der Waals surface area contributed by atoms with E-state index in [-0.39, 0.29) is 18.2 Å². The summed E-state index contributed by atoms with van der Waals surface area (Å²) in [6, 6.07) is 13.0. The topological polar surface area (TPSA) is 67.9 Å². The standard InChI is InChI=1S/C23H28N2O4/c1-15(2)13-25-14-18-12-19(8-9-21(18)29-16(3)23(25)27)24-22(26)11-17-6-5-7-20(10-17)28-4/h5-10,12,15-16H,11,13-14H2,1-4H3,(H,24,26). The Morgan fingerprint density at radius 2 is 2.07 bits per heavy atom. The van der Waals surface area contributed by atoms with E-state index in [9.17, 15) is 9.59 Å². The average molecular weight is 396 g/mol. The molecule has 0 bridgehead atoms. The van der Waals surface area contributed by atoms with Gasteiger partial charge in [-0.2, -0.15) is 0 Å². The molecule has 1 heterocycles. The molecular formula is C23H28N2O4. The second kappa shape index (κ2) is 8.99. The van der Waals surface area contributed by atoms with Crippen LogP contribution in [0.25, 0.3) is 0 Å². The van der Waals surface area contributed by atoms with Crippen molar-refractivity contribution in [2.24, 2.45) is 5.92 Å². The van der Waals surface area contributed by atoms with Gasteiger partial charge in [0.2, 0.25) is 5.91 Å². The molecule has 0 fully saturated rings. The Labute approximate surface area is 171 Å². The fraction of sp³-hybridized carbons (Fsp3) is 0.391. The van der Waals surface area contributed by atoms with Gasteiger partial charge in [-0.1, -0.05) is 26.0 Å². The minimum atomic E-state index is -0.525. The van der Waals surface area contributed by atoms with Gasteiger partial charge in [0.15, 0.2) is 6.10 Å². The number of nitrogens with zero attached hydrogens (tertiary/aromatic N) is 1. The summed E-state index contributed by atoms with van der Waals surface area (Å²) in [5.74, 6) is 1.64. The molecule has 6 nitrogen and oxygen atoms in total. The molecule has 1 unspecified atom stereocenters. The monoisotopic (exact) mass is 396 g/mol. The number of anilines is 1. The van der Waals surface area contributed by atoms with E-state index >= 15 is 0 Å². The Morgan fingerprint density at radius 1 is 1.28 bits per heavy atom. The lowest BCUT2D eigenvalue weighted by Crippen LogP contribution is -2.39. The number of amides is 2. The highest BCUT2D eigenvalue weighted by molar-refractivity contribution is 5.92. The summed E-state index contributed by atoms with van der Waals surface area (Å²) in [5.41, 5.74) is 2.46. The molecule has 1 N–H and O–H groups in total. The van der Waals surface area contributed by atoms with Gasteiger partial charge in [-0.25, -0.2) is 0 Å². The minimum absolute atomic E-state index is 0.0153. The quantitative estimate of drug-likeness (QED) is 0.809. The molecule has 2 amide bonds. The van der Waals surface area contributed by atoms with Crippen LogP contribution in [-0.2, 0) is 22.6 Å². The maximum Gasteiger partial charge on any atom is 0.263 e. The van der Waals surface area contributed by atoms with Crippen LogP contribution in [0.1, 0.15) is 31.9 Å². The lowest BCUT2D eigenvalue weighted by Gasteiger charge is -2.24. The second-order valence-electron chi connectivity index (χ2n) is 7.77. The first-order chi connectivity index (χ1) is 13.9. The van der Waals surface area contributed by atoms with Crippen molar-refractivity contribution in [3.05, 3.63) is 53.6 Å². The Bertz CT molecular complexity index is 894. The van der Waals surface area contributed by atoms with Crippen LogP contribution in [0.4, 0.5) is 5.69 Å². The Hall–Kier alpha value is -3.02. The van der Waals surface area contributed by atoms with Crippen LogP contribution in [0, 0.1) is 5.92 Å². The third-order valence-corrected chi connectivity index (χ3v) is 4.75. The van der Waals surface area contributed by atoms with Gasteiger partial charge in [0.05, 0.1) is 13.5 Å². The summed E-state index contributed by atoms with van der Waals surface area (Å²) in [5, 5.41) is 2.94. The number of nitrogens with one attached hydrogen (secondary N) is 1. The normalized spacial score (nSPS) is 16.1. The van der Waals surface area contributed by atoms with Gasteiger partial charge in [0.25, 0.3) is 5.91 Å². The molecule has 1 aliphatic rings. The summed E-state index contributed by atoms with van der Waals surface area (Å²) < 4.78 is 11.0. The summed E-state index contributed by atoms with van der Waals surface area (Å²) in [4.78, 5) is 26.9. The number of fused-ring (bicyclic) bond motifs is 1. The highest BCUT2D eigenvalue weighted by Gasteiger charge is 2.28. The minimum Gasteiger partial charge on any atom is -0.497 e. The van der Waals surface area contributed by atoms with Crippen LogP contribution >= 0.6 is 0 Å². The van der Waals surface area contributed by atoms with Gasteiger partial charge in [-0.3, -0.25) is 9.59 Å². The molecular weight excluding hydrogens is 368 g/mol. The average Bonchev–Trinajstić information content (AvgIpc) is 2.78. The molecule has 2 aromatic rings. The van der Waals surface area contributed by atoms with Gasteiger partial charge in [-0.05, 0) is 48.7 Å². The Balaban J connectivity index is 1.74. The largest absolute Gasteiger partial charge is 0.497 e. The predicted octanol–water partition coefficient (Wildman–Crippen LogP) is 3.64. The molecule has 0 saturated carbocycles. The maximum atomic E-state index is 12.6. The Morgan fingerprint density at radius 3 is 2.79 bits per heavy atom. The van der Waals surface area contributed by atoms with Crippen LogP contribution < -0.4 is 14.8 Å². The van der Waals surface area contributed by atoms with E-state index in [0.717, 1.165) is 16.9 Å². The van der Waals surface area contributed by atoms with Gasteiger partial charge in [-0.15, -0.1) is 0 Å². The number of ether oxygens (including phenoxy) is 2. The number of hydrogen-bond acceptors (Lipinski definition) is 4. The van der Waals surface area contributed by atoms with Crippen molar-refractivity contribution >= 4 is 17.5 Å². The van der Waals surface area contributed by atoms with Crippen molar-refractivity contribution in [2.45, 2.75) is 39.8 Å². The van der Waals surface area contributed by atoms with E-state index in [1.165, 1.54) is 0 Å². The number of rotatable bonds is 6. The van der Waals surface area contributed by atoms with Gasteiger partial charge in [0, 0.05) is 24.3 Å². The van der Waals surface area contributed by atoms with Crippen molar-refractivity contribution in [3.8, 4) is 11.5 Å². The van der Waals surface area contributed by atoms with E-state index in [4.69, 9.17) is 9.47 Å². The van der Waals surface area contributed by atoms with Gasteiger partial charge in [0.1, 0.15) is 11.5 Å². The zero-order chi connectivity index (χ0) is 21.0. The molecule has 29 heavy (non-hydrogen) atoms. The molecule has 3 rings (SSSR count). The molecule has 154 valence electrons. The number of benzene rings is 2. The third kappa shape index (κ3) is 5.28. The molecule has 6 heteroatoms. The lowest BCUT2D eigenvalue weighted by molar-refractivity contribution is -0.138. The van der Waals surface area contributed by atoms with E-state index in [1.807, 2.05) is 41.3 Å². The van der Waals surface area contributed by atoms with E-state index in [2.05, 4.69) is 19.2 Å². The fourth-order valence-corrected chi connectivity index (χ4v) is 3.45. The molecule has 0 aromatic heterocycles. The zero-order valence-corrected chi connectivity index (χ0v) is 17.4.